The van der Waals surface area contributed by atoms with Crippen LogP contribution in [0.3, 0.4) is 0 Å². The molecule has 0 saturated heterocycles. The molecule has 1 heterocycles. The van der Waals surface area contributed by atoms with E-state index >= 15 is 0 Å². The van der Waals surface area contributed by atoms with Gasteiger partial charge in [0.05, 0.1) is 21.3 Å². The second-order valence-corrected chi connectivity index (χ2v) is 5.22. The van der Waals surface area contributed by atoms with Gasteiger partial charge in [0.1, 0.15) is 0 Å². The Morgan fingerprint density at radius 3 is 2.42 bits per heavy atom. The lowest BCUT2D eigenvalue weighted by Crippen LogP contribution is -2.09. The van der Waals surface area contributed by atoms with Crippen LogP contribution in [-0.4, -0.2) is 47.5 Å². The van der Waals surface area contributed by atoms with E-state index < -0.39 is 5.97 Å². The Morgan fingerprint density at radius 1 is 1.15 bits per heavy atom. The number of benzene rings is 1. The zero-order valence-corrected chi connectivity index (χ0v) is 15.3. The number of aryl methyl sites for hydroxylation is 1. The quantitative estimate of drug-likeness (QED) is 0.492. The largest absolute Gasteiger partial charge is 0.493 e. The molecular weight excluding hydrogens is 340 g/mol. The Bertz CT molecular complexity index is 747. The molecule has 0 N–H and O–H groups in total. The number of methoxy groups -OCH3 is 3. The van der Waals surface area contributed by atoms with Gasteiger partial charge in [-0.15, -0.1) is 5.10 Å². The molecule has 26 heavy (non-hydrogen) atoms. The van der Waals surface area contributed by atoms with Gasteiger partial charge < -0.3 is 18.9 Å². The number of hydrogen-bond acceptors (Lipinski definition) is 8. The van der Waals surface area contributed by atoms with E-state index in [9.17, 15) is 4.79 Å². The molecule has 2 rings (SSSR count). The van der Waals surface area contributed by atoms with Gasteiger partial charge in [-0.1, -0.05) is 6.92 Å². The molecule has 0 aliphatic rings. The van der Waals surface area contributed by atoms with E-state index in [1.165, 1.54) is 27.4 Å². The van der Waals surface area contributed by atoms with Crippen molar-refractivity contribution in [3.63, 3.8) is 0 Å². The molecule has 9 nitrogen and oxygen atoms in total. The number of nitrogens with zero attached hydrogens (tertiary/aromatic N) is 4. The lowest BCUT2D eigenvalue weighted by atomic mass is 10.1. The van der Waals surface area contributed by atoms with Gasteiger partial charge in [0, 0.05) is 12.6 Å². The highest BCUT2D eigenvalue weighted by atomic mass is 16.5. The van der Waals surface area contributed by atoms with Crippen molar-refractivity contribution in [3.8, 4) is 17.2 Å². The molecule has 0 bridgehead atoms. The Balaban J connectivity index is 2.04. The first-order valence-electron chi connectivity index (χ1n) is 8.02. The highest BCUT2D eigenvalue weighted by Crippen LogP contribution is 2.38. The third-order valence-electron chi connectivity index (χ3n) is 3.48. The summed E-state index contributed by atoms with van der Waals surface area (Å²) in [6, 6.07) is 3.46. The van der Waals surface area contributed by atoms with Gasteiger partial charge in [-0.2, -0.15) is 0 Å². The monoisotopic (exact) mass is 362 g/mol. The predicted octanol–water partition coefficient (Wildman–Crippen LogP) is 1.87. The van der Waals surface area contributed by atoms with Crippen LogP contribution in [0.1, 0.15) is 24.7 Å². The topological polar surface area (TPSA) is 97.6 Å². The van der Waals surface area contributed by atoms with Crippen molar-refractivity contribution >= 4 is 12.0 Å². The smallest absolute Gasteiger partial charge is 0.331 e. The van der Waals surface area contributed by atoms with Gasteiger partial charge in [-0.3, -0.25) is 0 Å². The van der Waals surface area contributed by atoms with Crippen molar-refractivity contribution in [2.75, 3.05) is 21.3 Å². The van der Waals surface area contributed by atoms with E-state index in [0.717, 1.165) is 6.42 Å². The van der Waals surface area contributed by atoms with Gasteiger partial charge >= 0.3 is 5.97 Å². The number of hydrogen-bond donors (Lipinski definition) is 0. The molecule has 140 valence electrons. The minimum atomic E-state index is -0.509. The predicted molar refractivity (Wildman–Crippen MR) is 93.0 cm³/mol. The number of aromatic nitrogens is 4. The molecule has 0 aliphatic carbocycles. The van der Waals surface area contributed by atoms with Gasteiger partial charge in [-0.05, 0) is 40.6 Å². The van der Waals surface area contributed by atoms with E-state index in [1.807, 2.05) is 6.92 Å². The summed E-state index contributed by atoms with van der Waals surface area (Å²) in [5, 5.41) is 11.3. The summed E-state index contributed by atoms with van der Waals surface area (Å²) < 4.78 is 22.6. The summed E-state index contributed by atoms with van der Waals surface area (Å²) in [6.45, 7) is 2.68. The molecule has 0 saturated carbocycles. The Kier molecular flexibility index (Phi) is 6.95. The average molecular weight is 362 g/mol. The number of esters is 1. The van der Waals surface area contributed by atoms with Crippen molar-refractivity contribution in [3.05, 3.63) is 29.6 Å². The minimum absolute atomic E-state index is 0.00539. The van der Waals surface area contributed by atoms with Gasteiger partial charge in [-0.25, -0.2) is 9.48 Å². The second-order valence-electron chi connectivity index (χ2n) is 5.22. The first kappa shape index (κ1) is 19.2. The summed E-state index contributed by atoms with van der Waals surface area (Å²) in [5.74, 6) is 1.47. The Labute approximate surface area is 151 Å². The van der Waals surface area contributed by atoms with Crippen molar-refractivity contribution in [2.45, 2.75) is 26.5 Å². The summed E-state index contributed by atoms with van der Waals surface area (Å²) in [5.41, 5.74) is 0.701. The number of tetrazole rings is 1. The van der Waals surface area contributed by atoms with E-state index in [-0.39, 0.29) is 6.61 Å². The molecule has 2 aromatic rings. The standard InChI is InChI=1S/C17H22N4O5/c1-5-8-21-15(18-19-20-21)11-26-16(22)7-6-12-9-13(23-2)17(25-4)14(10-12)24-3/h6-7,9-10H,5,8,11H2,1-4H3/b7-6+. The molecule has 1 aromatic carbocycles. The fourth-order valence-electron chi connectivity index (χ4n) is 2.26. The summed E-state index contributed by atoms with van der Waals surface area (Å²) in [4.78, 5) is 11.9. The first-order chi connectivity index (χ1) is 12.6. The molecule has 0 fully saturated rings. The van der Waals surface area contributed by atoms with Crippen LogP contribution in [0.5, 0.6) is 17.2 Å². The van der Waals surface area contributed by atoms with Crippen molar-refractivity contribution < 1.29 is 23.7 Å². The lowest BCUT2D eigenvalue weighted by molar-refractivity contribution is -0.139. The van der Waals surface area contributed by atoms with Gasteiger partial charge in [0.2, 0.25) is 5.75 Å². The lowest BCUT2D eigenvalue weighted by Gasteiger charge is -2.12. The van der Waals surface area contributed by atoms with Gasteiger partial charge in [0.15, 0.2) is 23.9 Å². The molecule has 0 aliphatic heterocycles. The van der Waals surface area contributed by atoms with Crippen molar-refractivity contribution in [1.29, 1.82) is 0 Å². The van der Waals surface area contributed by atoms with E-state index in [0.29, 0.717) is 35.2 Å². The Hall–Kier alpha value is -3.10. The summed E-state index contributed by atoms with van der Waals surface area (Å²) in [7, 11) is 4.58. The third kappa shape index (κ3) is 4.71. The second kappa shape index (κ2) is 9.40. The van der Waals surface area contributed by atoms with Crippen LogP contribution in [0, 0.1) is 0 Å². The minimum Gasteiger partial charge on any atom is -0.493 e. The molecule has 0 amide bonds. The third-order valence-corrected chi connectivity index (χ3v) is 3.48. The molecule has 0 radical (unpaired) electrons. The normalized spacial score (nSPS) is 10.8. The molecule has 9 heteroatoms. The fourth-order valence-corrected chi connectivity index (χ4v) is 2.26. The van der Waals surface area contributed by atoms with Crippen LogP contribution in [0.4, 0.5) is 0 Å². The molecule has 0 unspecified atom stereocenters. The fraction of sp³-hybridized carbons (Fsp3) is 0.412. The van der Waals surface area contributed by atoms with E-state index in [4.69, 9.17) is 18.9 Å². The molecule has 1 aromatic heterocycles. The maximum Gasteiger partial charge on any atom is 0.331 e. The van der Waals surface area contributed by atoms with Crippen molar-refractivity contribution in [2.24, 2.45) is 0 Å². The highest BCUT2D eigenvalue weighted by Gasteiger charge is 2.12. The maximum atomic E-state index is 11.9. The van der Waals surface area contributed by atoms with Crippen molar-refractivity contribution in [1.82, 2.24) is 20.2 Å². The SMILES string of the molecule is CCCn1nnnc1COC(=O)/C=C/c1cc(OC)c(OC)c(OC)c1. The van der Waals surface area contributed by atoms with E-state index in [1.54, 1.807) is 22.9 Å². The maximum absolute atomic E-state index is 11.9. The molecule has 0 spiro atoms. The highest BCUT2D eigenvalue weighted by molar-refractivity contribution is 5.87. The first-order valence-corrected chi connectivity index (χ1v) is 8.02. The number of carbonyl (C=O) groups excluding carboxylic acids is 1. The summed E-state index contributed by atoms with van der Waals surface area (Å²) in [6.07, 6.45) is 3.80. The molecule has 0 atom stereocenters. The van der Waals surface area contributed by atoms with Crippen LogP contribution in [0.2, 0.25) is 0 Å². The average Bonchev–Trinajstić information content (AvgIpc) is 3.11. The van der Waals surface area contributed by atoms with Gasteiger partial charge in [0.25, 0.3) is 0 Å². The van der Waals surface area contributed by atoms with Crippen LogP contribution in [0.25, 0.3) is 6.08 Å². The number of rotatable bonds is 9. The van der Waals surface area contributed by atoms with Crippen LogP contribution < -0.4 is 14.2 Å². The van der Waals surface area contributed by atoms with Crippen LogP contribution >= 0.6 is 0 Å². The zero-order chi connectivity index (χ0) is 18.9. The van der Waals surface area contributed by atoms with E-state index in [2.05, 4.69) is 15.5 Å². The number of ether oxygens (including phenoxy) is 4. The van der Waals surface area contributed by atoms with Crippen LogP contribution in [0.15, 0.2) is 18.2 Å². The summed E-state index contributed by atoms with van der Waals surface area (Å²) >= 11 is 0. The Morgan fingerprint density at radius 2 is 1.85 bits per heavy atom. The molecular formula is C17H22N4O5. The zero-order valence-electron chi connectivity index (χ0n) is 15.3. The number of carbonyl (C=O) groups is 1. The van der Waals surface area contributed by atoms with Crippen LogP contribution in [-0.2, 0) is 22.7 Å².